The summed E-state index contributed by atoms with van der Waals surface area (Å²) in [6, 6.07) is 18.2. The van der Waals surface area contributed by atoms with Crippen molar-refractivity contribution in [3.05, 3.63) is 71.1 Å². The average molecular weight is 268 g/mol. The van der Waals surface area contributed by atoms with Crippen molar-refractivity contribution in [2.45, 2.75) is 30.1 Å². The number of aryl methyl sites for hydroxylation is 2. The third-order valence-corrected chi connectivity index (χ3v) is 7.58. The Bertz CT molecular complexity index is 545. The Morgan fingerprint density at radius 2 is 1.21 bits per heavy atom. The van der Waals surface area contributed by atoms with Gasteiger partial charge in [-0.3, -0.25) is 0 Å². The topological polar surface area (TPSA) is 0 Å². The minimum Gasteiger partial charge on any atom is -0.167 e. The van der Waals surface area contributed by atoms with Crippen LogP contribution in [0.3, 0.4) is 0 Å². The van der Waals surface area contributed by atoms with E-state index in [9.17, 15) is 0 Å². The van der Waals surface area contributed by atoms with Crippen LogP contribution in [0, 0.1) is 13.8 Å². The Kier molecular flexibility index (Phi) is 3.24. The van der Waals surface area contributed by atoms with Crippen molar-refractivity contribution in [2.75, 3.05) is 5.75 Å². The second-order valence-electron chi connectivity index (χ2n) is 5.28. The predicted molar refractivity (Wildman–Crippen MR) is 85.1 cm³/mol. The van der Waals surface area contributed by atoms with Crippen LogP contribution < -0.4 is 0 Å². The van der Waals surface area contributed by atoms with Gasteiger partial charge in [0.2, 0.25) is 0 Å². The van der Waals surface area contributed by atoms with Crippen LogP contribution in [0.5, 0.6) is 0 Å². The SMILES string of the molecule is Cc1ccc(S2(c3ccc(C)cc3)C=CCC2)cc1. The van der Waals surface area contributed by atoms with Crippen molar-refractivity contribution in [1.82, 2.24) is 0 Å². The summed E-state index contributed by atoms with van der Waals surface area (Å²) in [6.45, 7) is 4.31. The highest BCUT2D eigenvalue weighted by Crippen LogP contribution is 2.66. The Morgan fingerprint density at radius 3 is 1.58 bits per heavy atom. The first-order valence-electron chi connectivity index (χ1n) is 6.82. The van der Waals surface area contributed by atoms with Gasteiger partial charge in [0.25, 0.3) is 0 Å². The summed E-state index contributed by atoms with van der Waals surface area (Å²) in [5, 5.41) is 2.47. The van der Waals surface area contributed by atoms with Gasteiger partial charge in [-0.2, -0.15) is 10.0 Å². The molecule has 0 saturated carbocycles. The standard InChI is InChI=1S/C18H20S/c1-15-5-9-17(10-6-15)19(13-3-4-14-19)18-11-7-16(2)8-12-18/h3,5-13H,4,14H2,1-2H3. The summed E-state index contributed by atoms with van der Waals surface area (Å²) < 4.78 is 0. The zero-order chi connectivity index (χ0) is 13.3. The van der Waals surface area contributed by atoms with Crippen molar-refractivity contribution < 1.29 is 0 Å². The van der Waals surface area contributed by atoms with Crippen LogP contribution in [-0.2, 0) is 0 Å². The third kappa shape index (κ3) is 2.23. The fourth-order valence-corrected chi connectivity index (χ4v) is 6.06. The van der Waals surface area contributed by atoms with E-state index >= 15 is 0 Å². The monoisotopic (exact) mass is 268 g/mol. The van der Waals surface area contributed by atoms with Gasteiger partial charge in [-0.25, -0.2) is 0 Å². The van der Waals surface area contributed by atoms with Crippen LogP contribution in [0.15, 0.2) is 69.8 Å². The summed E-state index contributed by atoms with van der Waals surface area (Å²) in [7, 11) is -0.933. The maximum atomic E-state index is 2.47. The summed E-state index contributed by atoms with van der Waals surface area (Å²) in [5.74, 6) is 1.26. The molecular weight excluding hydrogens is 248 g/mol. The molecule has 0 saturated heterocycles. The quantitative estimate of drug-likeness (QED) is 0.680. The molecule has 0 N–H and O–H groups in total. The largest absolute Gasteiger partial charge is 0.167 e. The molecule has 19 heavy (non-hydrogen) atoms. The van der Waals surface area contributed by atoms with Gasteiger partial charge >= 0.3 is 0 Å². The molecule has 0 nitrogen and oxygen atoms in total. The van der Waals surface area contributed by atoms with Crippen molar-refractivity contribution in [2.24, 2.45) is 0 Å². The Morgan fingerprint density at radius 1 is 0.737 bits per heavy atom. The molecule has 0 spiro atoms. The molecule has 1 heteroatoms. The normalized spacial score (nSPS) is 18.4. The van der Waals surface area contributed by atoms with Gasteiger partial charge < -0.3 is 0 Å². The molecule has 0 fully saturated rings. The number of rotatable bonds is 2. The second-order valence-corrected chi connectivity index (χ2v) is 8.49. The molecular formula is C18H20S. The van der Waals surface area contributed by atoms with Crippen molar-refractivity contribution in [1.29, 1.82) is 0 Å². The van der Waals surface area contributed by atoms with E-state index in [1.165, 1.54) is 33.1 Å². The van der Waals surface area contributed by atoms with Gasteiger partial charge in [-0.1, -0.05) is 41.5 Å². The van der Waals surface area contributed by atoms with Gasteiger partial charge in [-0.05, 0) is 65.5 Å². The molecule has 0 bridgehead atoms. The van der Waals surface area contributed by atoms with Gasteiger partial charge in [0.1, 0.15) is 0 Å². The molecule has 98 valence electrons. The molecule has 0 amide bonds. The zero-order valence-electron chi connectivity index (χ0n) is 11.6. The highest BCUT2D eigenvalue weighted by Gasteiger charge is 2.28. The van der Waals surface area contributed by atoms with Crippen molar-refractivity contribution in [3.8, 4) is 0 Å². The Labute approximate surface area is 117 Å². The van der Waals surface area contributed by atoms with Crippen LogP contribution in [0.25, 0.3) is 0 Å². The van der Waals surface area contributed by atoms with Crippen LogP contribution in [0.4, 0.5) is 0 Å². The fraction of sp³-hybridized carbons (Fsp3) is 0.222. The lowest BCUT2D eigenvalue weighted by molar-refractivity contribution is 1.23. The Hall–Kier alpha value is -1.47. The third-order valence-electron chi connectivity index (χ3n) is 3.82. The zero-order valence-corrected chi connectivity index (χ0v) is 12.4. The first kappa shape index (κ1) is 12.6. The fourth-order valence-electron chi connectivity index (χ4n) is 2.65. The van der Waals surface area contributed by atoms with Gasteiger partial charge in [0.15, 0.2) is 0 Å². The first-order chi connectivity index (χ1) is 9.21. The predicted octanol–water partition coefficient (Wildman–Crippen LogP) is 5.44. The van der Waals surface area contributed by atoms with E-state index in [0.29, 0.717) is 0 Å². The molecule has 0 aromatic heterocycles. The van der Waals surface area contributed by atoms with Gasteiger partial charge in [-0.15, -0.1) is 0 Å². The smallest absolute Gasteiger partial charge is 0.00236 e. The minimum atomic E-state index is -0.933. The van der Waals surface area contributed by atoms with Crippen LogP contribution in [0.2, 0.25) is 0 Å². The van der Waals surface area contributed by atoms with Gasteiger partial charge in [0.05, 0.1) is 0 Å². The molecule has 2 aromatic carbocycles. The highest BCUT2D eigenvalue weighted by molar-refractivity contribution is 8.36. The van der Waals surface area contributed by atoms with E-state index in [4.69, 9.17) is 0 Å². The molecule has 1 aliphatic heterocycles. The van der Waals surface area contributed by atoms with E-state index in [1.807, 2.05) is 0 Å². The first-order valence-corrected chi connectivity index (χ1v) is 8.68. The summed E-state index contributed by atoms with van der Waals surface area (Å²) in [6.07, 6.45) is 3.56. The highest BCUT2D eigenvalue weighted by atomic mass is 32.3. The van der Waals surface area contributed by atoms with E-state index in [1.54, 1.807) is 0 Å². The lowest BCUT2D eigenvalue weighted by Gasteiger charge is -2.35. The molecule has 0 aliphatic carbocycles. The lowest BCUT2D eigenvalue weighted by Crippen LogP contribution is -2.00. The average Bonchev–Trinajstić information content (AvgIpc) is 2.91. The molecule has 2 aromatic rings. The van der Waals surface area contributed by atoms with Crippen LogP contribution in [-0.4, -0.2) is 5.75 Å². The van der Waals surface area contributed by atoms with E-state index < -0.39 is 10.0 Å². The summed E-state index contributed by atoms with van der Waals surface area (Å²) >= 11 is 0. The van der Waals surface area contributed by atoms with E-state index in [-0.39, 0.29) is 0 Å². The Balaban J connectivity index is 2.11. The van der Waals surface area contributed by atoms with Crippen molar-refractivity contribution in [3.63, 3.8) is 0 Å². The summed E-state index contributed by atoms with van der Waals surface area (Å²) in [5.41, 5.74) is 2.67. The van der Waals surface area contributed by atoms with E-state index in [0.717, 1.165) is 0 Å². The molecule has 1 heterocycles. The minimum absolute atomic E-state index is 0.933. The maximum Gasteiger partial charge on any atom is -0.00236 e. The van der Waals surface area contributed by atoms with E-state index in [2.05, 4.69) is 73.9 Å². The molecule has 3 rings (SSSR count). The second kappa shape index (κ2) is 4.90. The van der Waals surface area contributed by atoms with Gasteiger partial charge in [0, 0.05) is 0 Å². The molecule has 0 atom stereocenters. The summed E-state index contributed by atoms with van der Waals surface area (Å²) in [4.78, 5) is 2.99. The number of benzene rings is 2. The maximum absolute atomic E-state index is 2.47. The lowest BCUT2D eigenvalue weighted by atomic mass is 10.2. The molecule has 0 radical (unpaired) electrons. The van der Waals surface area contributed by atoms with Crippen LogP contribution >= 0.6 is 10.0 Å². The van der Waals surface area contributed by atoms with Crippen molar-refractivity contribution >= 4 is 10.0 Å². The van der Waals surface area contributed by atoms with Crippen LogP contribution in [0.1, 0.15) is 17.5 Å². The number of allylic oxidation sites excluding steroid dienone is 1. The molecule has 1 aliphatic rings. The molecule has 0 unspecified atom stereocenters. The number of hydrogen-bond acceptors (Lipinski definition) is 0. The number of hydrogen-bond donors (Lipinski definition) is 0.